The molecule has 0 spiro atoms. The summed E-state index contributed by atoms with van der Waals surface area (Å²) in [7, 11) is 3.94. The number of para-hydroxylation sites is 2. The molecule has 2 heterocycles. The summed E-state index contributed by atoms with van der Waals surface area (Å²) < 4.78 is 0. The molecule has 5 heteroatoms. The van der Waals surface area contributed by atoms with Crippen molar-refractivity contribution in [2.75, 3.05) is 32.2 Å². The zero-order valence-electron chi connectivity index (χ0n) is 16.4. The third-order valence-corrected chi connectivity index (χ3v) is 3.75. The van der Waals surface area contributed by atoms with E-state index in [9.17, 15) is 0 Å². The van der Waals surface area contributed by atoms with Gasteiger partial charge in [-0.3, -0.25) is 5.01 Å². The number of benzene rings is 1. The number of anilines is 1. The van der Waals surface area contributed by atoms with E-state index in [0.29, 0.717) is 5.82 Å². The van der Waals surface area contributed by atoms with Gasteiger partial charge in [-0.15, -0.1) is 0 Å². The van der Waals surface area contributed by atoms with Crippen LogP contribution in [0.5, 0.6) is 0 Å². The van der Waals surface area contributed by atoms with Gasteiger partial charge in [-0.25, -0.2) is 15.8 Å². The number of nitrogens with zero attached hydrogens (tertiary/aromatic N) is 4. The zero-order valence-corrected chi connectivity index (χ0v) is 16.4. The van der Waals surface area contributed by atoms with Crippen LogP contribution in [0, 0.1) is 0 Å². The number of hydrogen-bond acceptors (Lipinski definition) is 5. The van der Waals surface area contributed by atoms with Crippen LogP contribution in [0.3, 0.4) is 0 Å². The number of hydrogen-bond donors (Lipinski definition) is 1. The average molecular weight is 344 g/mol. The van der Waals surface area contributed by atoms with E-state index in [2.05, 4.69) is 28.8 Å². The van der Waals surface area contributed by atoms with Crippen molar-refractivity contribution in [2.45, 2.75) is 40.0 Å². The molecule has 2 N–H and O–H groups in total. The van der Waals surface area contributed by atoms with Crippen molar-refractivity contribution in [3.63, 3.8) is 0 Å². The van der Waals surface area contributed by atoms with Crippen molar-refractivity contribution < 1.29 is 0 Å². The minimum atomic E-state index is 0.688. The van der Waals surface area contributed by atoms with Gasteiger partial charge in [0.1, 0.15) is 5.69 Å². The molecule has 1 aliphatic rings. The molecule has 0 amide bonds. The van der Waals surface area contributed by atoms with E-state index in [1.165, 1.54) is 30.9 Å². The fourth-order valence-electron chi connectivity index (χ4n) is 2.48. The minimum Gasteiger partial charge on any atom is -0.306 e. The van der Waals surface area contributed by atoms with Crippen LogP contribution in [0.15, 0.2) is 30.3 Å². The molecule has 0 aliphatic carbocycles. The monoisotopic (exact) mass is 343 g/mol. The van der Waals surface area contributed by atoms with Crippen molar-refractivity contribution in [1.82, 2.24) is 14.9 Å². The van der Waals surface area contributed by atoms with Crippen LogP contribution in [-0.4, -0.2) is 42.1 Å². The Hall–Kier alpha value is -1.98. The van der Waals surface area contributed by atoms with E-state index in [-0.39, 0.29) is 0 Å². The maximum atomic E-state index is 5.77. The normalized spacial score (nSPS) is 14.0. The van der Waals surface area contributed by atoms with Crippen LogP contribution in [0.25, 0.3) is 17.1 Å². The first-order valence-electron chi connectivity index (χ1n) is 9.22. The Kier molecular flexibility index (Phi) is 9.73. The largest absolute Gasteiger partial charge is 0.306 e. The molecule has 1 saturated heterocycles. The third kappa shape index (κ3) is 6.80. The topological polar surface area (TPSA) is 58.3 Å². The summed E-state index contributed by atoms with van der Waals surface area (Å²) in [6.07, 6.45) is 7.79. The van der Waals surface area contributed by atoms with Crippen LogP contribution < -0.4 is 10.9 Å². The van der Waals surface area contributed by atoms with Crippen molar-refractivity contribution in [1.29, 1.82) is 0 Å². The molecule has 1 fully saturated rings. The van der Waals surface area contributed by atoms with E-state index < -0.39 is 0 Å². The Labute approximate surface area is 152 Å². The fraction of sp³-hybridized carbons (Fsp3) is 0.500. The van der Waals surface area contributed by atoms with Crippen LogP contribution in [0.1, 0.15) is 45.7 Å². The van der Waals surface area contributed by atoms with Crippen molar-refractivity contribution in [2.24, 2.45) is 5.84 Å². The van der Waals surface area contributed by atoms with Gasteiger partial charge in [0, 0.05) is 7.05 Å². The first-order valence-corrected chi connectivity index (χ1v) is 9.22. The van der Waals surface area contributed by atoms with Gasteiger partial charge in [-0.2, -0.15) is 0 Å². The minimum absolute atomic E-state index is 0.688. The van der Waals surface area contributed by atoms with Crippen molar-refractivity contribution in [3.8, 4) is 0 Å². The van der Waals surface area contributed by atoms with Gasteiger partial charge in [-0.05, 0) is 57.6 Å². The van der Waals surface area contributed by atoms with E-state index in [1.54, 1.807) is 7.05 Å². The number of hydrazine groups is 1. The smallest absolute Gasteiger partial charge is 0.169 e. The van der Waals surface area contributed by atoms with Gasteiger partial charge in [0.15, 0.2) is 5.82 Å². The van der Waals surface area contributed by atoms with Gasteiger partial charge >= 0.3 is 0 Å². The number of aromatic nitrogens is 2. The number of likely N-dealkylation sites (tertiary alicyclic amines) is 1. The predicted octanol–water partition coefficient (Wildman–Crippen LogP) is 4.10. The summed E-state index contributed by atoms with van der Waals surface area (Å²) in [4.78, 5) is 11.4. The summed E-state index contributed by atoms with van der Waals surface area (Å²) in [5.41, 5.74) is 2.54. The highest BCUT2D eigenvalue weighted by atomic mass is 15.4. The molecule has 5 nitrogen and oxygen atoms in total. The SMILES string of the molecule is CC.CC/C=C/c1nc2ccccc2nc1N(C)N.CN1CCCC1. The zero-order chi connectivity index (χ0) is 18.7. The molecule has 25 heavy (non-hydrogen) atoms. The fourth-order valence-corrected chi connectivity index (χ4v) is 2.48. The Morgan fingerprint density at radius 3 is 2.12 bits per heavy atom. The first-order chi connectivity index (χ1) is 12.1. The third-order valence-electron chi connectivity index (χ3n) is 3.75. The highest BCUT2D eigenvalue weighted by Gasteiger charge is 2.08. The molecule has 0 atom stereocenters. The molecule has 0 unspecified atom stereocenters. The molecule has 138 valence electrons. The molecule has 1 aromatic carbocycles. The molecule has 0 radical (unpaired) electrons. The van der Waals surface area contributed by atoms with Gasteiger partial charge in [-0.1, -0.05) is 39.0 Å². The Morgan fingerprint density at radius 1 is 1.12 bits per heavy atom. The Bertz CT molecular complexity index is 646. The molecule has 0 bridgehead atoms. The standard InChI is InChI=1S/C13H16N4.C5H11N.C2H6/c1-3-4-7-12-13(17(2)14)16-11-9-6-5-8-10(11)15-12;1-6-4-2-3-5-6;1-2/h4-9H,3,14H2,1-2H3;2-5H2,1H3;1-2H3/b7-4+;;. The lowest BCUT2D eigenvalue weighted by atomic mass is 10.2. The van der Waals surface area contributed by atoms with Crippen molar-refractivity contribution >= 4 is 22.9 Å². The Morgan fingerprint density at radius 2 is 1.68 bits per heavy atom. The van der Waals surface area contributed by atoms with Crippen LogP contribution in [0.4, 0.5) is 5.82 Å². The molecule has 1 aliphatic heterocycles. The second kappa shape index (κ2) is 11.6. The summed E-state index contributed by atoms with van der Waals surface area (Å²) in [5.74, 6) is 6.46. The summed E-state index contributed by atoms with van der Waals surface area (Å²) in [6.45, 7) is 8.72. The average Bonchev–Trinajstić information content (AvgIpc) is 3.12. The van der Waals surface area contributed by atoms with Crippen LogP contribution in [-0.2, 0) is 0 Å². The molecule has 2 aromatic rings. The number of fused-ring (bicyclic) bond motifs is 1. The maximum Gasteiger partial charge on any atom is 0.169 e. The predicted molar refractivity (Wildman–Crippen MR) is 110 cm³/mol. The lowest BCUT2D eigenvalue weighted by Crippen LogP contribution is -2.27. The van der Waals surface area contributed by atoms with Crippen molar-refractivity contribution in [3.05, 3.63) is 36.0 Å². The van der Waals surface area contributed by atoms with Gasteiger partial charge in [0.2, 0.25) is 0 Å². The second-order valence-electron chi connectivity index (χ2n) is 5.85. The number of nitrogens with two attached hydrogens (primary N) is 1. The number of rotatable bonds is 3. The van der Waals surface area contributed by atoms with E-state index >= 15 is 0 Å². The van der Waals surface area contributed by atoms with E-state index in [4.69, 9.17) is 5.84 Å². The molecule has 1 aromatic heterocycles. The van der Waals surface area contributed by atoms with Crippen LogP contribution in [0.2, 0.25) is 0 Å². The Balaban J connectivity index is 0.000000326. The molecular weight excluding hydrogens is 310 g/mol. The summed E-state index contributed by atoms with van der Waals surface area (Å²) >= 11 is 0. The molecule has 3 rings (SSSR count). The lowest BCUT2D eigenvalue weighted by Gasteiger charge is -2.14. The quantitative estimate of drug-likeness (QED) is 0.671. The summed E-state index contributed by atoms with van der Waals surface area (Å²) in [5, 5.41) is 1.49. The lowest BCUT2D eigenvalue weighted by molar-refractivity contribution is 0.418. The molecular formula is C20H33N5. The second-order valence-corrected chi connectivity index (χ2v) is 5.85. The van der Waals surface area contributed by atoms with Gasteiger partial charge in [0.25, 0.3) is 0 Å². The number of allylic oxidation sites excluding steroid dienone is 1. The van der Waals surface area contributed by atoms with Crippen LogP contribution >= 0.6 is 0 Å². The highest BCUT2D eigenvalue weighted by Crippen LogP contribution is 2.19. The van der Waals surface area contributed by atoms with Gasteiger partial charge in [0.05, 0.1) is 11.0 Å². The summed E-state index contributed by atoms with van der Waals surface area (Å²) in [6, 6.07) is 7.78. The maximum absolute atomic E-state index is 5.77. The van der Waals surface area contributed by atoms with E-state index in [1.807, 2.05) is 50.3 Å². The van der Waals surface area contributed by atoms with E-state index in [0.717, 1.165) is 23.1 Å². The highest BCUT2D eigenvalue weighted by molar-refractivity contribution is 5.78. The first kappa shape index (κ1) is 21.1. The molecule has 0 saturated carbocycles. The van der Waals surface area contributed by atoms with Gasteiger partial charge < -0.3 is 4.90 Å².